The number of aryl methyl sites for hydroxylation is 1. The first kappa shape index (κ1) is 12.6. The molecule has 3 heteroatoms. The van der Waals surface area contributed by atoms with Gasteiger partial charge in [0.1, 0.15) is 0 Å². The van der Waals surface area contributed by atoms with Crippen LogP contribution in [0.4, 0.5) is 0 Å². The lowest BCUT2D eigenvalue weighted by Crippen LogP contribution is -1.77. The van der Waals surface area contributed by atoms with Crippen molar-refractivity contribution < 1.29 is 0 Å². The molecule has 0 aliphatic rings. The molecule has 3 nitrogen and oxygen atoms in total. The molecule has 2 heterocycles. The van der Waals surface area contributed by atoms with Crippen LogP contribution in [0, 0.1) is 6.92 Å². The lowest BCUT2D eigenvalue weighted by atomic mass is 10.2. The highest BCUT2D eigenvalue weighted by Gasteiger charge is 1.96. The third kappa shape index (κ3) is 2.83. The quantitative estimate of drug-likeness (QED) is 0.697. The minimum absolute atomic E-state index is 0.861. The van der Waals surface area contributed by atoms with Crippen LogP contribution >= 0.6 is 0 Å². The molecule has 78 valence electrons. The second-order valence-electron chi connectivity index (χ2n) is 2.26. The molecule has 0 aromatic carbocycles. The van der Waals surface area contributed by atoms with E-state index in [0.29, 0.717) is 0 Å². The first-order valence-electron chi connectivity index (χ1n) is 5.12. The fourth-order valence-electron chi connectivity index (χ4n) is 0.980. The van der Waals surface area contributed by atoms with Gasteiger partial charge in [0.25, 0.3) is 0 Å². The molecule has 0 aliphatic carbocycles. The van der Waals surface area contributed by atoms with E-state index in [4.69, 9.17) is 0 Å². The molecule has 2 aromatic heterocycles. The number of hydrogen-bond acceptors (Lipinski definition) is 2. The van der Waals surface area contributed by atoms with E-state index >= 15 is 0 Å². The minimum Gasteiger partial charge on any atom is -0.261 e. The van der Waals surface area contributed by atoms with E-state index in [-0.39, 0.29) is 0 Å². The molecule has 0 bridgehead atoms. The smallest absolute Gasteiger partial charge is 0.155 e. The average Bonchev–Trinajstić information content (AvgIpc) is 2.73. The molecule has 1 N–H and O–H groups in total. The van der Waals surface area contributed by atoms with Crippen LogP contribution in [0.15, 0.2) is 18.5 Å². The summed E-state index contributed by atoms with van der Waals surface area (Å²) in [6.45, 7) is 10.0. The standard InChI is InChI=1S/C7H7N3.2C2H6/c1-5-2-3-8-7-6(5)4-9-10-7;2*1-2/h2-4H,1H3,(H,8,9,10);2*1-2H3. The highest BCUT2D eigenvalue weighted by Crippen LogP contribution is 2.10. The summed E-state index contributed by atoms with van der Waals surface area (Å²) in [7, 11) is 0. The maximum Gasteiger partial charge on any atom is 0.155 e. The highest BCUT2D eigenvalue weighted by molar-refractivity contribution is 5.77. The van der Waals surface area contributed by atoms with Crippen LogP contribution in [0.25, 0.3) is 11.0 Å². The van der Waals surface area contributed by atoms with Crippen molar-refractivity contribution in [1.29, 1.82) is 0 Å². The Labute approximate surface area is 85.6 Å². The van der Waals surface area contributed by atoms with E-state index in [0.717, 1.165) is 11.0 Å². The summed E-state index contributed by atoms with van der Waals surface area (Å²) in [5.74, 6) is 0. The summed E-state index contributed by atoms with van der Waals surface area (Å²) in [5, 5.41) is 7.77. The van der Waals surface area contributed by atoms with Gasteiger partial charge in [-0.05, 0) is 18.6 Å². The van der Waals surface area contributed by atoms with Crippen LogP contribution in [0.3, 0.4) is 0 Å². The molecule has 0 radical (unpaired) electrons. The van der Waals surface area contributed by atoms with E-state index in [1.165, 1.54) is 5.56 Å². The first-order valence-corrected chi connectivity index (χ1v) is 5.12. The molecule has 0 aliphatic heterocycles. The van der Waals surface area contributed by atoms with Crippen LogP contribution < -0.4 is 0 Å². The predicted octanol–water partition coefficient (Wildman–Crippen LogP) is 3.32. The van der Waals surface area contributed by atoms with Crippen molar-refractivity contribution in [2.45, 2.75) is 34.6 Å². The number of nitrogens with one attached hydrogen (secondary N) is 1. The number of pyridine rings is 1. The largest absolute Gasteiger partial charge is 0.261 e. The Kier molecular flexibility index (Phi) is 6.37. The molecule has 0 spiro atoms. The Bertz CT molecular complexity index is 352. The molecular weight excluding hydrogens is 174 g/mol. The number of H-pyrrole nitrogens is 1. The van der Waals surface area contributed by atoms with Gasteiger partial charge in [-0.2, -0.15) is 5.10 Å². The van der Waals surface area contributed by atoms with Gasteiger partial charge in [-0.1, -0.05) is 27.7 Å². The summed E-state index contributed by atoms with van der Waals surface area (Å²) in [6, 6.07) is 1.97. The molecule has 0 saturated carbocycles. The summed E-state index contributed by atoms with van der Waals surface area (Å²) in [4.78, 5) is 4.08. The summed E-state index contributed by atoms with van der Waals surface area (Å²) in [6.07, 6.45) is 3.56. The molecule has 0 fully saturated rings. The Morgan fingerprint density at radius 3 is 2.36 bits per heavy atom. The van der Waals surface area contributed by atoms with Gasteiger partial charge in [0, 0.05) is 11.6 Å². The maximum absolute atomic E-state index is 4.08. The van der Waals surface area contributed by atoms with Crippen molar-refractivity contribution in [2.24, 2.45) is 0 Å². The molecule has 0 atom stereocenters. The zero-order chi connectivity index (χ0) is 11.0. The molecule has 0 unspecified atom stereocenters. The fraction of sp³-hybridized carbons (Fsp3) is 0.455. The summed E-state index contributed by atoms with van der Waals surface area (Å²) in [5.41, 5.74) is 2.07. The molecule has 0 saturated heterocycles. The van der Waals surface area contributed by atoms with Crippen molar-refractivity contribution in [2.75, 3.05) is 0 Å². The normalized spacial score (nSPS) is 8.36. The average molecular weight is 193 g/mol. The van der Waals surface area contributed by atoms with E-state index in [9.17, 15) is 0 Å². The van der Waals surface area contributed by atoms with Crippen molar-refractivity contribution in [3.8, 4) is 0 Å². The van der Waals surface area contributed by atoms with Crippen LogP contribution in [0.5, 0.6) is 0 Å². The third-order valence-corrected chi connectivity index (χ3v) is 1.57. The highest BCUT2D eigenvalue weighted by atomic mass is 15.1. The number of nitrogens with zero attached hydrogens (tertiary/aromatic N) is 2. The van der Waals surface area contributed by atoms with Crippen molar-refractivity contribution >= 4 is 11.0 Å². The van der Waals surface area contributed by atoms with Gasteiger partial charge in [-0.3, -0.25) is 5.10 Å². The van der Waals surface area contributed by atoms with Gasteiger partial charge < -0.3 is 0 Å². The van der Waals surface area contributed by atoms with Crippen LogP contribution in [0.1, 0.15) is 33.3 Å². The van der Waals surface area contributed by atoms with Gasteiger partial charge in [0.15, 0.2) is 5.65 Å². The number of aromatic amines is 1. The van der Waals surface area contributed by atoms with E-state index in [2.05, 4.69) is 15.2 Å². The van der Waals surface area contributed by atoms with E-state index < -0.39 is 0 Å². The van der Waals surface area contributed by atoms with Crippen LogP contribution in [0.2, 0.25) is 0 Å². The van der Waals surface area contributed by atoms with Crippen LogP contribution in [-0.2, 0) is 0 Å². The third-order valence-electron chi connectivity index (χ3n) is 1.57. The Morgan fingerprint density at radius 2 is 1.79 bits per heavy atom. The van der Waals surface area contributed by atoms with Gasteiger partial charge in [0.2, 0.25) is 0 Å². The number of fused-ring (bicyclic) bond motifs is 1. The van der Waals surface area contributed by atoms with Crippen LogP contribution in [-0.4, -0.2) is 15.2 Å². The maximum atomic E-state index is 4.08. The number of hydrogen-bond donors (Lipinski definition) is 1. The second kappa shape index (κ2) is 7.06. The lowest BCUT2D eigenvalue weighted by Gasteiger charge is -1.89. The second-order valence-corrected chi connectivity index (χ2v) is 2.26. The van der Waals surface area contributed by atoms with Gasteiger partial charge in [-0.15, -0.1) is 0 Å². The monoisotopic (exact) mass is 193 g/mol. The molecule has 14 heavy (non-hydrogen) atoms. The zero-order valence-corrected chi connectivity index (χ0v) is 9.63. The topological polar surface area (TPSA) is 41.6 Å². The lowest BCUT2D eigenvalue weighted by molar-refractivity contribution is 1.10. The van der Waals surface area contributed by atoms with Crippen molar-refractivity contribution in [3.05, 3.63) is 24.0 Å². The van der Waals surface area contributed by atoms with Gasteiger partial charge in [0.05, 0.1) is 6.20 Å². The summed E-state index contributed by atoms with van der Waals surface area (Å²) < 4.78 is 0. The Morgan fingerprint density at radius 1 is 1.14 bits per heavy atom. The SMILES string of the molecule is CC.CC.Cc1ccnc2[nH]ncc12. The van der Waals surface area contributed by atoms with Gasteiger partial charge in [-0.25, -0.2) is 4.98 Å². The number of rotatable bonds is 0. The fourth-order valence-corrected chi connectivity index (χ4v) is 0.980. The minimum atomic E-state index is 0.861. The molecular formula is C11H19N3. The molecule has 0 amide bonds. The Balaban J connectivity index is 0.000000379. The Hall–Kier alpha value is -1.38. The van der Waals surface area contributed by atoms with Crippen molar-refractivity contribution in [1.82, 2.24) is 15.2 Å². The predicted molar refractivity (Wildman–Crippen MR) is 61.3 cm³/mol. The van der Waals surface area contributed by atoms with E-state index in [1.807, 2.05) is 40.7 Å². The van der Waals surface area contributed by atoms with Crippen molar-refractivity contribution in [3.63, 3.8) is 0 Å². The zero-order valence-electron chi connectivity index (χ0n) is 9.63. The summed E-state index contributed by atoms with van der Waals surface area (Å²) >= 11 is 0. The number of aromatic nitrogens is 3. The first-order chi connectivity index (χ1) is 6.88. The molecule has 2 aromatic rings. The van der Waals surface area contributed by atoms with E-state index in [1.54, 1.807) is 12.4 Å². The molecule has 2 rings (SSSR count). The van der Waals surface area contributed by atoms with Gasteiger partial charge >= 0.3 is 0 Å².